The molecule has 120 valence electrons. The molecule has 21 heavy (non-hydrogen) atoms. The maximum absolute atomic E-state index is 9.95. The Labute approximate surface area is 129 Å². The van der Waals surface area contributed by atoms with Crippen molar-refractivity contribution in [2.24, 2.45) is 0 Å². The van der Waals surface area contributed by atoms with Gasteiger partial charge in [0, 0.05) is 0 Å². The molecule has 0 aliphatic heterocycles. The molecule has 1 rings (SSSR count). The monoisotopic (exact) mass is 294 g/mol. The summed E-state index contributed by atoms with van der Waals surface area (Å²) in [7, 11) is 0. The van der Waals surface area contributed by atoms with E-state index < -0.39 is 12.2 Å². The minimum atomic E-state index is -0.687. The lowest BCUT2D eigenvalue weighted by molar-refractivity contribution is 0.0214. The van der Waals surface area contributed by atoms with Gasteiger partial charge in [-0.25, -0.2) is 0 Å². The lowest BCUT2D eigenvalue weighted by Gasteiger charge is -2.24. The summed E-state index contributed by atoms with van der Waals surface area (Å²) in [6.07, 6.45) is 1.17. The molecule has 0 saturated heterocycles. The van der Waals surface area contributed by atoms with Crippen molar-refractivity contribution in [1.29, 1.82) is 0 Å². The Morgan fingerprint density at radius 3 is 2.29 bits per heavy atom. The van der Waals surface area contributed by atoms with Crippen LogP contribution in [0.5, 0.6) is 5.75 Å². The second-order valence-corrected chi connectivity index (χ2v) is 5.97. The number of hydrogen-bond acceptors (Lipinski definition) is 3. The number of benzene rings is 1. The first kappa shape index (κ1) is 18.0. The Balaban J connectivity index is 2.97. The lowest BCUT2D eigenvalue weighted by Crippen LogP contribution is -2.25. The van der Waals surface area contributed by atoms with Crippen LogP contribution < -0.4 is 4.74 Å². The number of aliphatic hydroxyl groups is 2. The van der Waals surface area contributed by atoms with Gasteiger partial charge in [0.15, 0.2) is 0 Å². The van der Waals surface area contributed by atoms with E-state index in [1.165, 1.54) is 11.1 Å². The number of hydrogen-bond donors (Lipinski definition) is 2. The second kappa shape index (κ2) is 8.40. The van der Waals surface area contributed by atoms with Crippen LogP contribution in [0.2, 0.25) is 0 Å². The fourth-order valence-corrected chi connectivity index (χ4v) is 2.62. The number of ether oxygens (including phenoxy) is 1. The van der Waals surface area contributed by atoms with Gasteiger partial charge in [0.2, 0.25) is 0 Å². The van der Waals surface area contributed by atoms with Gasteiger partial charge < -0.3 is 14.9 Å². The van der Waals surface area contributed by atoms with Crippen molar-refractivity contribution in [3.05, 3.63) is 28.8 Å². The Hall–Kier alpha value is -1.06. The summed E-state index contributed by atoms with van der Waals surface area (Å²) in [6, 6.07) is 4.26. The zero-order valence-electron chi connectivity index (χ0n) is 14.0. The van der Waals surface area contributed by atoms with Gasteiger partial charge in [-0.1, -0.05) is 19.9 Å². The van der Waals surface area contributed by atoms with Gasteiger partial charge in [-0.3, -0.25) is 0 Å². The van der Waals surface area contributed by atoms with Crippen molar-refractivity contribution >= 4 is 0 Å². The summed E-state index contributed by atoms with van der Waals surface area (Å²) < 4.78 is 5.77. The summed E-state index contributed by atoms with van der Waals surface area (Å²) >= 11 is 0. The highest BCUT2D eigenvalue weighted by Crippen LogP contribution is 2.32. The molecule has 0 amide bonds. The molecule has 3 heteroatoms. The highest BCUT2D eigenvalue weighted by atomic mass is 16.5. The standard InChI is InChI=1S/C18H30O3/c1-6-8-21-18-10-12(3)16(9-13(18)4)15(7-2)11-17(20)14(5)19/h9-10,14-15,17,19-20H,6-8,11H2,1-5H3. The number of rotatable bonds is 8. The molecule has 0 bridgehead atoms. The molecule has 3 nitrogen and oxygen atoms in total. The van der Waals surface area contributed by atoms with Crippen molar-refractivity contribution in [2.75, 3.05) is 6.61 Å². The molecule has 0 fully saturated rings. The molecule has 3 atom stereocenters. The van der Waals surface area contributed by atoms with Gasteiger partial charge in [-0.2, -0.15) is 0 Å². The Bertz CT molecular complexity index is 440. The fraction of sp³-hybridized carbons (Fsp3) is 0.667. The first-order valence-corrected chi connectivity index (χ1v) is 8.00. The van der Waals surface area contributed by atoms with E-state index >= 15 is 0 Å². The minimum absolute atomic E-state index is 0.258. The summed E-state index contributed by atoms with van der Waals surface area (Å²) in [5, 5.41) is 19.5. The molecule has 0 radical (unpaired) electrons. The van der Waals surface area contributed by atoms with E-state index in [9.17, 15) is 10.2 Å². The van der Waals surface area contributed by atoms with Crippen LogP contribution in [0.3, 0.4) is 0 Å². The molecule has 2 N–H and O–H groups in total. The summed E-state index contributed by atoms with van der Waals surface area (Å²) in [6.45, 7) is 10.7. The zero-order chi connectivity index (χ0) is 16.0. The molecule has 1 aromatic carbocycles. The van der Waals surface area contributed by atoms with Gasteiger partial charge in [0.05, 0.1) is 18.8 Å². The average molecular weight is 294 g/mol. The van der Waals surface area contributed by atoms with E-state index in [0.717, 1.165) is 30.8 Å². The average Bonchev–Trinajstić information content (AvgIpc) is 2.45. The molecule has 0 saturated carbocycles. The van der Waals surface area contributed by atoms with Crippen LogP contribution in [0.25, 0.3) is 0 Å². The van der Waals surface area contributed by atoms with Crippen molar-refractivity contribution in [1.82, 2.24) is 0 Å². The molecule has 1 aromatic rings. The topological polar surface area (TPSA) is 49.7 Å². The second-order valence-electron chi connectivity index (χ2n) is 5.97. The van der Waals surface area contributed by atoms with Crippen LogP contribution >= 0.6 is 0 Å². The maximum atomic E-state index is 9.95. The van der Waals surface area contributed by atoms with Crippen LogP contribution in [0.4, 0.5) is 0 Å². The predicted octanol–water partition coefficient (Wildman–Crippen LogP) is 3.72. The third-order valence-electron chi connectivity index (χ3n) is 4.04. The SMILES string of the molecule is CCCOc1cc(C)c(C(CC)CC(O)C(C)O)cc1C. The van der Waals surface area contributed by atoms with E-state index in [2.05, 4.69) is 39.8 Å². The van der Waals surface area contributed by atoms with Crippen LogP contribution in [-0.2, 0) is 0 Å². The number of aliphatic hydroxyl groups excluding tert-OH is 2. The lowest BCUT2D eigenvalue weighted by atomic mass is 9.86. The van der Waals surface area contributed by atoms with Gasteiger partial charge in [-0.05, 0) is 68.7 Å². The highest BCUT2D eigenvalue weighted by molar-refractivity contribution is 5.43. The third kappa shape index (κ3) is 5.01. The van der Waals surface area contributed by atoms with Gasteiger partial charge >= 0.3 is 0 Å². The van der Waals surface area contributed by atoms with Gasteiger partial charge in [0.1, 0.15) is 5.75 Å². The maximum Gasteiger partial charge on any atom is 0.122 e. The first-order chi connectivity index (χ1) is 9.90. The molecule has 3 unspecified atom stereocenters. The molecule has 0 spiro atoms. The minimum Gasteiger partial charge on any atom is -0.493 e. The summed E-state index contributed by atoms with van der Waals surface area (Å²) in [5.74, 6) is 1.21. The van der Waals surface area contributed by atoms with E-state index in [4.69, 9.17) is 4.74 Å². The molecule has 0 heterocycles. The van der Waals surface area contributed by atoms with Crippen LogP contribution in [0, 0.1) is 13.8 Å². The Morgan fingerprint density at radius 1 is 1.10 bits per heavy atom. The van der Waals surface area contributed by atoms with E-state index in [-0.39, 0.29) is 5.92 Å². The van der Waals surface area contributed by atoms with Crippen LogP contribution in [-0.4, -0.2) is 29.0 Å². The van der Waals surface area contributed by atoms with E-state index in [1.54, 1.807) is 6.92 Å². The fourth-order valence-electron chi connectivity index (χ4n) is 2.62. The van der Waals surface area contributed by atoms with Crippen LogP contribution in [0.15, 0.2) is 12.1 Å². The summed E-state index contributed by atoms with van der Waals surface area (Å²) in [5.41, 5.74) is 3.57. The predicted molar refractivity (Wildman–Crippen MR) is 87.0 cm³/mol. The van der Waals surface area contributed by atoms with E-state index in [0.29, 0.717) is 6.42 Å². The van der Waals surface area contributed by atoms with Crippen LogP contribution in [0.1, 0.15) is 62.6 Å². The molecule has 0 aliphatic rings. The molecule has 0 aromatic heterocycles. The zero-order valence-corrected chi connectivity index (χ0v) is 14.0. The highest BCUT2D eigenvalue weighted by Gasteiger charge is 2.20. The third-order valence-corrected chi connectivity index (χ3v) is 4.04. The summed E-state index contributed by atoms with van der Waals surface area (Å²) in [4.78, 5) is 0. The molecular weight excluding hydrogens is 264 g/mol. The van der Waals surface area contributed by atoms with Gasteiger partial charge in [-0.15, -0.1) is 0 Å². The van der Waals surface area contributed by atoms with Crippen molar-refractivity contribution in [3.63, 3.8) is 0 Å². The Kier molecular flexibility index (Phi) is 7.20. The quantitative estimate of drug-likeness (QED) is 0.768. The van der Waals surface area contributed by atoms with Crippen molar-refractivity contribution in [3.8, 4) is 5.75 Å². The normalized spacial score (nSPS) is 15.6. The largest absolute Gasteiger partial charge is 0.493 e. The first-order valence-electron chi connectivity index (χ1n) is 8.00. The number of aryl methyl sites for hydroxylation is 2. The molecular formula is C18H30O3. The smallest absolute Gasteiger partial charge is 0.122 e. The van der Waals surface area contributed by atoms with Gasteiger partial charge in [0.25, 0.3) is 0 Å². The van der Waals surface area contributed by atoms with E-state index in [1.807, 2.05) is 0 Å². The van der Waals surface area contributed by atoms with Crippen molar-refractivity contribution in [2.45, 2.75) is 72.0 Å². The molecule has 0 aliphatic carbocycles. The Morgan fingerprint density at radius 2 is 1.76 bits per heavy atom. The van der Waals surface area contributed by atoms with Crippen molar-refractivity contribution < 1.29 is 14.9 Å².